The molecule has 1 nitrogen and oxygen atoms in total. The highest BCUT2D eigenvalue weighted by atomic mass is 15.2. The molecule has 70 valence electrons. The lowest BCUT2D eigenvalue weighted by molar-refractivity contribution is 0.0390. The summed E-state index contributed by atoms with van der Waals surface area (Å²) in [6.45, 7) is 6.18. The Morgan fingerprint density at radius 2 is 2.08 bits per heavy atom. The number of hydrogen-bond donors (Lipinski definition) is 0. The van der Waals surface area contributed by atoms with Gasteiger partial charge in [-0.1, -0.05) is 13.3 Å². The average molecular weight is 167 g/mol. The fraction of sp³-hybridized carbons (Fsp3) is 1.00. The Balaban J connectivity index is 2.13. The molecule has 2 rings (SSSR count). The molecule has 0 aromatic carbocycles. The van der Waals surface area contributed by atoms with Gasteiger partial charge < -0.3 is 0 Å². The van der Waals surface area contributed by atoms with Crippen molar-refractivity contribution in [1.82, 2.24) is 4.90 Å². The largest absolute Gasteiger partial charge is 0.295 e. The van der Waals surface area contributed by atoms with Crippen LogP contribution in [0.1, 0.15) is 52.4 Å². The van der Waals surface area contributed by atoms with Crippen molar-refractivity contribution in [2.45, 2.75) is 64.0 Å². The van der Waals surface area contributed by atoms with E-state index in [0.29, 0.717) is 5.54 Å². The predicted molar refractivity (Wildman–Crippen MR) is 52.3 cm³/mol. The van der Waals surface area contributed by atoms with Crippen LogP contribution in [-0.4, -0.2) is 23.0 Å². The molecule has 2 aliphatic heterocycles. The maximum Gasteiger partial charge on any atom is 0.0181 e. The van der Waals surface area contributed by atoms with Gasteiger partial charge in [0.05, 0.1) is 0 Å². The highest BCUT2D eigenvalue weighted by Gasteiger charge is 2.40. The third-order valence-electron chi connectivity index (χ3n) is 4.08. The van der Waals surface area contributed by atoms with Crippen molar-refractivity contribution in [3.05, 3.63) is 0 Å². The van der Waals surface area contributed by atoms with Crippen LogP contribution in [0.15, 0.2) is 0 Å². The molecule has 2 atom stereocenters. The topological polar surface area (TPSA) is 3.24 Å². The van der Waals surface area contributed by atoms with Crippen molar-refractivity contribution in [2.75, 3.05) is 6.54 Å². The molecule has 1 heteroatoms. The molecular formula is C11H21N. The van der Waals surface area contributed by atoms with Crippen LogP contribution in [0, 0.1) is 0 Å². The Morgan fingerprint density at radius 1 is 1.33 bits per heavy atom. The van der Waals surface area contributed by atoms with Crippen LogP contribution >= 0.6 is 0 Å². The zero-order valence-corrected chi connectivity index (χ0v) is 8.47. The van der Waals surface area contributed by atoms with Crippen LogP contribution in [0.4, 0.5) is 0 Å². The smallest absolute Gasteiger partial charge is 0.0181 e. The first-order valence-electron chi connectivity index (χ1n) is 5.53. The van der Waals surface area contributed by atoms with Crippen molar-refractivity contribution in [1.29, 1.82) is 0 Å². The molecule has 0 aromatic heterocycles. The standard InChI is InChI=1S/C11H21N/c1-3-11(2)8-4-6-10-7-5-9-12(10)11/h10H,3-9H2,1-2H3/t10-,11?/m1/s1. The minimum absolute atomic E-state index is 0.555. The fourth-order valence-electron chi connectivity index (χ4n) is 3.09. The fourth-order valence-corrected chi connectivity index (χ4v) is 3.09. The lowest BCUT2D eigenvalue weighted by atomic mass is 9.84. The SMILES string of the molecule is CCC1(C)CCC[C@@H]2CCCN21. The monoisotopic (exact) mass is 167 g/mol. The van der Waals surface area contributed by atoms with Gasteiger partial charge in [-0.15, -0.1) is 0 Å². The summed E-state index contributed by atoms with van der Waals surface area (Å²) in [6.07, 6.45) is 8.61. The van der Waals surface area contributed by atoms with Gasteiger partial charge in [-0.25, -0.2) is 0 Å². The van der Waals surface area contributed by atoms with E-state index in [2.05, 4.69) is 18.7 Å². The molecule has 2 aliphatic rings. The maximum atomic E-state index is 2.79. The zero-order chi connectivity index (χ0) is 8.60. The highest BCUT2D eigenvalue weighted by molar-refractivity contribution is 4.96. The van der Waals surface area contributed by atoms with Gasteiger partial charge in [0.25, 0.3) is 0 Å². The van der Waals surface area contributed by atoms with Crippen molar-refractivity contribution < 1.29 is 0 Å². The first-order chi connectivity index (χ1) is 5.76. The molecule has 0 aromatic rings. The van der Waals surface area contributed by atoms with Crippen molar-refractivity contribution >= 4 is 0 Å². The van der Waals surface area contributed by atoms with Crippen molar-refractivity contribution in [2.24, 2.45) is 0 Å². The number of rotatable bonds is 1. The Morgan fingerprint density at radius 3 is 2.83 bits per heavy atom. The van der Waals surface area contributed by atoms with Crippen molar-refractivity contribution in [3.63, 3.8) is 0 Å². The number of nitrogens with zero attached hydrogens (tertiary/aromatic N) is 1. The van der Waals surface area contributed by atoms with Gasteiger partial charge in [-0.05, 0) is 45.6 Å². The molecular weight excluding hydrogens is 146 g/mol. The summed E-state index contributed by atoms with van der Waals surface area (Å²) in [4.78, 5) is 2.79. The summed E-state index contributed by atoms with van der Waals surface area (Å²) in [5.74, 6) is 0. The molecule has 0 saturated carbocycles. The number of fused-ring (bicyclic) bond motifs is 1. The normalized spacial score (nSPS) is 43.0. The Labute approximate surface area is 76.1 Å². The highest BCUT2D eigenvalue weighted by Crippen LogP contribution is 2.39. The van der Waals surface area contributed by atoms with Crippen LogP contribution in [0.5, 0.6) is 0 Å². The predicted octanol–water partition coefficient (Wildman–Crippen LogP) is 2.80. The van der Waals surface area contributed by atoms with Crippen LogP contribution in [0.25, 0.3) is 0 Å². The zero-order valence-electron chi connectivity index (χ0n) is 8.47. The molecule has 0 amide bonds. The summed E-state index contributed by atoms with van der Waals surface area (Å²) in [7, 11) is 0. The lowest BCUT2D eigenvalue weighted by Crippen LogP contribution is -2.51. The molecule has 0 spiro atoms. The second-order valence-corrected chi connectivity index (χ2v) is 4.73. The van der Waals surface area contributed by atoms with Crippen molar-refractivity contribution in [3.8, 4) is 0 Å². The molecule has 2 heterocycles. The number of piperidine rings is 1. The summed E-state index contributed by atoms with van der Waals surface area (Å²) in [5, 5.41) is 0. The maximum absolute atomic E-state index is 2.79. The van der Waals surface area contributed by atoms with E-state index in [1.807, 2.05) is 0 Å². The Kier molecular flexibility index (Phi) is 2.16. The van der Waals surface area contributed by atoms with Crippen LogP contribution < -0.4 is 0 Å². The molecule has 0 radical (unpaired) electrons. The lowest BCUT2D eigenvalue weighted by Gasteiger charge is -2.46. The van der Waals surface area contributed by atoms with Gasteiger partial charge >= 0.3 is 0 Å². The van der Waals surface area contributed by atoms with Gasteiger partial charge in [0.2, 0.25) is 0 Å². The quantitative estimate of drug-likeness (QED) is 0.580. The number of hydrogen-bond acceptors (Lipinski definition) is 1. The Bertz CT molecular complexity index is 166. The van der Waals surface area contributed by atoms with Gasteiger partial charge in [0.1, 0.15) is 0 Å². The van der Waals surface area contributed by atoms with E-state index in [-0.39, 0.29) is 0 Å². The van der Waals surface area contributed by atoms with E-state index in [9.17, 15) is 0 Å². The third-order valence-corrected chi connectivity index (χ3v) is 4.08. The summed E-state index contributed by atoms with van der Waals surface area (Å²) in [6, 6.07) is 0.948. The first-order valence-corrected chi connectivity index (χ1v) is 5.53. The van der Waals surface area contributed by atoms with E-state index in [4.69, 9.17) is 0 Å². The molecule has 2 fully saturated rings. The van der Waals surface area contributed by atoms with Crippen LogP contribution in [-0.2, 0) is 0 Å². The molecule has 0 N–H and O–H groups in total. The molecule has 0 aliphatic carbocycles. The minimum Gasteiger partial charge on any atom is -0.295 e. The van der Waals surface area contributed by atoms with E-state index in [1.54, 1.807) is 0 Å². The first kappa shape index (κ1) is 8.55. The van der Waals surface area contributed by atoms with E-state index in [0.717, 1.165) is 6.04 Å². The van der Waals surface area contributed by atoms with Gasteiger partial charge in [-0.3, -0.25) is 4.90 Å². The second-order valence-electron chi connectivity index (χ2n) is 4.73. The molecule has 12 heavy (non-hydrogen) atoms. The van der Waals surface area contributed by atoms with Gasteiger partial charge in [0.15, 0.2) is 0 Å². The van der Waals surface area contributed by atoms with Gasteiger partial charge in [-0.2, -0.15) is 0 Å². The average Bonchev–Trinajstić information content (AvgIpc) is 2.54. The van der Waals surface area contributed by atoms with Crippen LogP contribution in [0.2, 0.25) is 0 Å². The third kappa shape index (κ3) is 1.19. The Hall–Kier alpha value is -0.0400. The minimum atomic E-state index is 0.555. The molecule has 1 unspecified atom stereocenters. The van der Waals surface area contributed by atoms with E-state index in [1.165, 1.54) is 45.1 Å². The summed E-state index contributed by atoms with van der Waals surface area (Å²) in [5.41, 5.74) is 0.555. The summed E-state index contributed by atoms with van der Waals surface area (Å²) >= 11 is 0. The van der Waals surface area contributed by atoms with Crippen LogP contribution in [0.3, 0.4) is 0 Å². The van der Waals surface area contributed by atoms with Gasteiger partial charge in [0, 0.05) is 11.6 Å². The molecule has 2 saturated heterocycles. The summed E-state index contributed by atoms with van der Waals surface area (Å²) < 4.78 is 0. The second kappa shape index (κ2) is 3.02. The molecule has 0 bridgehead atoms. The van der Waals surface area contributed by atoms with E-state index >= 15 is 0 Å². The van der Waals surface area contributed by atoms with E-state index < -0.39 is 0 Å².